The largest absolute Gasteiger partial charge is 0.396 e. The Labute approximate surface area is 86.8 Å². The molecule has 0 spiro atoms. The topological polar surface area (TPSA) is 41.5 Å². The molecule has 1 rings (SSSR count). The highest BCUT2D eigenvalue weighted by Gasteiger charge is 2.31. The summed E-state index contributed by atoms with van der Waals surface area (Å²) in [5.41, 5.74) is 0. The molecule has 1 saturated carbocycles. The maximum Gasteiger partial charge on any atom is 0.0618 e. The third-order valence-corrected chi connectivity index (χ3v) is 2.96. The van der Waals surface area contributed by atoms with Gasteiger partial charge in [0.15, 0.2) is 0 Å². The maximum absolute atomic E-state index is 8.89. The number of aliphatic hydroxyl groups is 1. The highest BCUT2D eigenvalue weighted by Crippen LogP contribution is 2.33. The molecule has 0 aromatic heterocycles. The van der Waals surface area contributed by atoms with Crippen molar-refractivity contribution in [1.82, 2.24) is 5.32 Å². The van der Waals surface area contributed by atoms with E-state index in [1.54, 1.807) is 7.11 Å². The van der Waals surface area contributed by atoms with Gasteiger partial charge in [-0.2, -0.15) is 0 Å². The Balaban J connectivity index is 2.27. The Bertz CT molecular complexity index is 148. The maximum atomic E-state index is 8.89. The fourth-order valence-corrected chi connectivity index (χ4v) is 1.86. The summed E-state index contributed by atoms with van der Waals surface area (Å²) in [6, 6.07) is 0.942. The van der Waals surface area contributed by atoms with Crippen molar-refractivity contribution in [3.8, 4) is 0 Å². The molecule has 1 aliphatic carbocycles. The van der Waals surface area contributed by atoms with Crippen LogP contribution in [0.25, 0.3) is 0 Å². The van der Waals surface area contributed by atoms with E-state index in [0.717, 1.165) is 25.4 Å². The summed E-state index contributed by atoms with van der Waals surface area (Å²) in [5, 5.41) is 12.5. The number of rotatable bonds is 8. The Morgan fingerprint density at radius 3 is 2.64 bits per heavy atom. The predicted molar refractivity (Wildman–Crippen MR) is 57.3 cm³/mol. The van der Waals surface area contributed by atoms with Crippen LogP contribution in [0.15, 0.2) is 0 Å². The van der Waals surface area contributed by atoms with E-state index in [0.29, 0.717) is 12.1 Å². The van der Waals surface area contributed by atoms with Crippen molar-refractivity contribution < 1.29 is 9.84 Å². The van der Waals surface area contributed by atoms with E-state index >= 15 is 0 Å². The smallest absolute Gasteiger partial charge is 0.0618 e. The van der Waals surface area contributed by atoms with E-state index in [1.165, 1.54) is 12.8 Å². The molecule has 0 radical (unpaired) electrons. The van der Waals surface area contributed by atoms with Crippen LogP contribution in [0.3, 0.4) is 0 Å². The van der Waals surface area contributed by atoms with E-state index in [1.807, 2.05) is 0 Å². The summed E-state index contributed by atoms with van der Waals surface area (Å²) in [4.78, 5) is 0. The minimum Gasteiger partial charge on any atom is -0.396 e. The Morgan fingerprint density at radius 2 is 2.21 bits per heavy atom. The summed E-state index contributed by atoms with van der Waals surface area (Å²) < 4.78 is 5.20. The standard InChI is InChI=1S/C11H23NO2/c1-3-10(6-7-13)12-11(8-14-2)9-4-5-9/h9-13H,3-8H2,1-2H3. The van der Waals surface area contributed by atoms with Gasteiger partial charge in [-0.3, -0.25) is 0 Å². The fraction of sp³-hybridized carbons (Fsp3) is 1.00. The Morgan fingerprint density at radius 1 is 1.50 bits per heavy atom. The molecule has 2 atom stereocenters. The zero-order chi connectivity index (χ0) is 10.4. The molecular weight excluding hydrogens is 178 g/mol. The first-order valence-corrected chi connectivity index (χ1v) is 5.67. The van der Waals surface area contributed by atoms with Gasteiger partial charge in [-0.05, 0) is 31.6 Å². The van der Waals surface area contributed by atoms with Crippen LogP contribution in [0.2, 0.25) is 0 Å². The molecular formula is C11H23NO2. The summed E-state index contributed by atoms with van der Waals surface area (Å²) in [7, 11) is 1.75. The average Bonchev–Trinajstić information content (AvgIpc) is 2.99. The molecule has 14 heavy (non-hydrogen) atoms. The van der Waals surface area contributed by atoms with Gasteiger partial charge in [-0.25, -0.2) is 0 Å². The molecule has 0 saturated heterocycles. The third kappa shape index (κ3) is 3.95. The molecule has 2 unspecified atom stereocenters. The second kappa shape index (κ2) is 6.38. The second-order valence-electron chi connectivity index (χ2n) is 4.18. The lowest BCUT2D eigenvalue weighted by molar-refractivity contribution is 0.146. The van der Waals surface area contributed by atoms with Crippen molar-refractivity contribution in [2.75, 3.05) is 20.3 Å². The van der Waals surface area contributed by atoms with Gasteiger partial charge in [-0.1, -0.05) is 6.92 Å². The van der Waals surface area contributed by atoms with Crippen molar-refractivity contribution in [2.24, 2.45) is 5.92 Å². The highest BCUT2D eigenvalue weighted by molar-refractivity contribution is 4.88. The third-order valence-electron chi connectivity index (χ3n) is 2.96. The molecule has 84 valence electrons. The summed E-state index contributed by atoms with van der Waals surface area (Å²) >= 11 is 0. The zero-order valence-electron chi connectivity index (χ0n) is 9.33. The van der Waals surface area contributed by atoms with Crippen LogP contribution in [0.4, 0.5) is 0 Å². The van der Waals surface area contributed by atoms with Gasteiger partial charge in [0, 0.05) is 25.8 Å². The van der Waals surface area contributed by atoms with Crippen LogP contribution in [-0.4, -0.2) is 37.5 Å². The Kier molecular flexibility index (Phi) is 5.45. The average molecular weight is 201 g/mol. The molecule has 0 aromatic rings. The van der Waals surface area contributed by atoms with Crippen LogP contribution in [0.1, 0.15) is 32.6 Å². The fourth-order valence-electron chi connectivity index (χ4n) is 1.86. The molecule has 0 heterocycles. The predicted octanol–water partition coefficient (Wildman–Crippen LogP) is 1.16. The van der Waals surface area contributed by atoms with Gasteiger partial charge < -0.3 is 15.2 Å². The lowest BCUT2D eigenvalue weighted by Crippen LogP contribution is -2.42. The van der Waals surface area contributed by atoms with E-state index in [-0.39, 0.29) is 6.61 Å². The first kappa shape index (κ1) is 12.0. The van der Waals surface area contributed by atoms with E-state index in [9.17, 15) is 0 Å². The molecule has 0 amide bonds. The quantitative estimate of drug-likeness (QED) is 0.619. The van der Waals surface area contributed by atoms with E-state index in [2.05, 4.69) is 12.2 Å². The van der Waals surface area contributed by atoms with Crippen molar-refractivity contribution >= 4 is 0 Å². The van der Waals surface area contributed by atoms with Crippen molar-refractivity contribution in [3.05, 3.63) is 0 Å². The minimum atomic E-state index is 0.274. The molecule has 2 N–H and O–H groups in total. The molecule has 3 nitrogen and oxygen atoms in total. The Hall–Kier alpha value is -0.120. The van der Waals surface area contributed by atoms with Crippen LogP contribution in [-0.2, 0) is 4.74 Å². The monoisotopic (exact) mass is 201 g/mol. The summed E-state index contributed by atoms with van der Waals surface area (Å²) in [5.74, 6) is 0.808. The van der Waals surface area contributed by atoms with Gasteiger partial charge >= 0.3 is 0 Å². The van der Waals surface area contributed by atoms with Crippen LogP contribution in [0, 0.1) is 5.92 Å². The van der Waals surface area contributed by atoms with Gasteiger partial charge in [-0.15, -0.1) is 0 Å². The molecule has 0 aromatic carbocycles. The lowest BCUT2D eigenvalue weighted by atomic mass is 10.1. The minimum absolute atomic E-state index is 0.274. The zero-order valence-corrected chi connectivity index (χ0v) is 9.33. The summed E-state index contributed by atoms with van der Waals surface area (Å²) in [6.07, 6.45) is 4.59. The molecule has 0 bridgehead atoms. The first-order valence-electron chi connectivity index (χ1n) is 5.67. The molecule has 1 aliphatic rings. The van der Waals surface area contributed by atoms with Crippen molar-refractivity contribution in [2.45, 2.75) is 44.7 Å². The van der Waals surface area contributed by atoms with Gasteiger partial charge in [0.1, 0.15) is 0 Å². The second-order valence-corrected chi connectivity index (χ2v) is 4.18. The van der Waals surface area contributed by atoms with Crippen LogP contribution in [0.5, 0.6) is 0 Å². The lowest BCUT2D eigenvalue weighted by Gasteiger charge is -2.24. The van der Waals surface area contributed by atoms with Gasteiger partial charge in [0.25, 0.3) is 0 Å². The molecule has 0 aliphatic heterocycles. The number of ether oxygens (including phenoxy) is 1. The SMILES string of the molecule is CCC(CCO)NC(COC)C1CC1. The van der Waals surface area contributed by atoms with E-state index in [4.69, 9.17) is 9.84 Å². The van der Waals surface area contributed by atoms with Crippen molar-refractivity contribution in [1.29, 1.82) is 0 Å². The van der Waals surface area contributed by atoms with Crippen molar-refractivity contribution in [3.63, 3.8) is 0 Å². The van der Waals surface area contributed by atoms with Gasteiger partial charge in [0.2, 0.25) is 0 Å². The summed E-state index contributed by atoms with van der Waals surface area (Å²) in [6.45, 7) is 3.23. The number of methoxy groups -OCH3 is 1. The molecule has 3 heteroatoms. The highest BCUT2D eigenvalue weighted by atomic mass is 16.5. The van der Waals surface area contributed by atoms with E-state index < -0.39 is 0 Å². The number of hydrogen-bond acceptors (Lipinski definition) is 3. The first-order chi connectivity index (χ1) is 6.81. The van der Waals surface area contributed by atoms with Gasteiger partial charge in [0.05, 0.1) is 6.61 Å². The van der Waals surface area contributed by atoms with Crippen LogP contribution >= 0.6 is 0 Å². The normalized spacial score (nSPS) is 20.8. The van der Waals surface area contributed by atoms with Crippen LogP contribution < -0.4 is 5.32 Å². The number of hydrogen-bond donors (Lipinski definition) is 2. The molecule has 1 fully saturated rings. The number of nitrogens with one attached hydrogen (secondary N) is 1. The number of aliphatic hydroxyl groups excluding tert-OH is 1.